The lowest BCUT2D eigenvalue weighted by Crippen LogP contribution is -2.50. The van der Waals surface area contributed by atoms with Crippen molar-refractivity contribution in [2.24, 2.45) is 11.0 Å². The van der Waals surface area contributed by atoms with E-state index < -0.39 is 27.8 Å². The van der Waals surface area contributed by atoms with Crippen molar-refractivity contribution in [1.82, 2.24) is 20.4 Å². The maximum Gasteiger partial charge on any atom is 0.254 e. The molecule has 28 heavy (non-hydrogen) atoms. The lowest BCUT2D eigenvalue weighted by molar-refractivity contribution is -0.123. The van der Waals surface area contributed by atoms with Gasteiger partial charge in [0.25, 0.3) is 5.91 Å². The van der Waals surface area contributed by atoms with Crippen LogP contribution in [-0.4, -0.2) is 64.6 Å². The number of rotatable bonds is 10. The van der Waals surface area contributed by atoms with Crippen LogP contribution in [0.4, 0.5) is 4.39 Å². The minimum Gasteiger partial charge on any atom is -0.350 e. The maximum atomic E-state index is 13.0. The van der Waals surface area contributed by atoms with Gasteiger partial charge in [-0.1, -0.05) is 13.8 Å². The van der Waals surface area contributed by atoms with Crippen molar-refractivity contribution in [1.29, 1.82) is 0 Å². The topological polar surface area (TPSA) is 120 Å². The first kappa shape index (κ1) is 23.7. The fourth-order valence-electron chi connectivity index (χ4n) is 2.08. The summed E-state index contributed by atoms with van der Waals surface area (Å²) in [7, 11) is -0.520. The van der Waals surface area contributed by atoms with E-state index in [-0.39, 0.29) is 29.8 Å². The molecule has 0 saturated heterocycles. The van der Waals surface area contributed by atoms with Gasteiger partial charge in [-0.15, -0.1) is 0 Å². The molecule has 1 atom stereocenters. The molecule has 0 aliphatic carbocycles. The van der Waals surface area contributed by atoms with Gasteiger partial charge in [0.05, 0.1) is 18.0 Å². The van der Waals surface area contributed by atoms with Crippen molar-refractivity contribution in [2.45, 2.75) is 24.8 Å². The zero-order valence-corrected chi connectivity index (χ0v) is 17.1. The molecule has 0 spiro atoms. The number of amides is 2. The highest BCUT2D eigenvalue weighted by Gasteiger charge is 2.28. The summed E-state index contributed by atoms with van der Waals surface area (Å²) >= 11 is 0. The zero-order chi connectivity index (χ0) is 21.3. The van der Waals surface area contributed by atoms with Crippen molar-refractivity contribution in [2.75, 3.05) is 27.2 Å². The minimum atomic E-state index is -4.00. The Hall–Kier alpha value is -2.37. The number of hydrogen-bond acceptors (Lipinski definition) is 6. The van der Waals surface area contributed by atoms with E-state index in [1.807, 2.05) is 0 Å². The van der Waals surface area contributed by atoms with Gasteiger partial charge in [-0.05, 0) is 44.3 Å². The van der Waals surface area contributed by atoms with Gasteiger partial charge in [0.2, 0.25) is 15.9 Å². The largest absolute Gasteiger partial charge is 0.350 e. The summed E-state index contributed by atoms with van der Waals surface area (Å²) in [6.45, 7) is 3.55. The van der Waals surface area contributed by atoms with E-state index in [1.54, 1.807) is 32.8 Å². The summed E-state index contributed by atoms with van der Waals surface area (Å²) in [5.74, 6) is -1.76. The average Bonchev–Trinajstić information content (AvgIpc) is 2.58. The van der Waals surface area contributed by atoms with Gasteiger partial charge < -0.3 is 10.2 Å². The molecule has 9 nitrogen and oxygen atoms in total. The number of halogens is 1. The third-order valence-corrected chi connectivity index (χ3v) is 4.92. The first-order chi connectivity index (χ1) is 13.0. The number of nitrogens with zero attached hydrogens (tertiary/aromatic N) is 2. The Bertz CT molecular complexity index is 794. The van der Waals surface area contributed by atoms with Crippen LogP contribution in [0.3, 0.4) is 0 Å². The third-order valence-electron chi connectivity index (χ3n) is 3.46. The van der Waals surface area contributed by atoms with Crippen molar-refractivity contribution in [3.05, 3.63) is 30.1 Å². The van der Waals surface area contributed by atoms with Crippen LogP contribution in [0.25, 0.3) is 0 Å². The molecule has 0 bridgehead atoms. The van der Waals surface area contributed by atoms with Crippen molar-refractivity contribution < 1.29 is 22.4 Å². The van der Waals surface area contributed by atoms with E-state index in [4.69, 9.17) is 0 Å². The molecule has 11 heteroatoms. The van der Waals surface area contributed by atoms with Crippen LogP contribution < -0.4 is 15.5 Å². The average molecular weight is 415 g/mol. The maximum absolute atomic E-state index is 13.0. The number of likely N-dealkylation sites (N-methyl/N-ethyl adjacent to an activating group) is 1. The number of benzene rings is 1. The van der Waals surface area contributed by atoms with E-state index >= 15 is 0 Å². The van der Waals surface area contributed by atoms with Crippen molar-refractivity contribution >= 4 is 28.1 Å². The molecular formula is C17H26FN5O4S. The van der Waals surface area contributed by atoms with Crippen LogP contribution in [-0.2, 0) is 19.6 Å². The molecule has 0 aliphatic heterocycles. The molecule has 1 rings (SSSR count). The lowest BCUT2D eigenvalue weighted by Gasteiger charge is -2.21. The summed E-state index contributed by atoms with van der Waals surface area (Å²) in [4.78, 5) is 25.3. The Kier molecular flexibility index (Phi) is 9.16. The number of carbonyl (C=O) groups excluding carboxylic acids is 2. The highest BCUT2D eigenvalue weighted by Crippen LogP contribution is 2.12. The predicted molar refractivity (Wildman–Crippen MR) is 104 cm³/mol. The van der Waals surface area contributed by atoms with Crippen LogP contribution in [0.2, 0.25) is 0 Å². The zero-order valence-electron chi connectivity index (χ0n) is 16.3. The van der Waals surface area contributed by atoms with Crippen LogP contribution in [0, 0.1) is 11.7 Å². The lowest BCUT2D eigenvalue weighted by atomic mass is 10.1. The molecule has 0 fully saturated rings. The molecule has 0 heterocycles. The molecule has 1 aromatic carbocycles. The Morgan fingerprint density at radius 3 is 2.36 bits per heavy atom. The quantitative estimate of drug-likeness (QED) is 0.364. The molecule has 0 radical (unpaired) electrons. The predicted octanol–water partition coefficient (Wildman–Crippen LogP) is -0.0916. The summed E-state index contributed by atoms with van der Waals surface area (Å²) < 4.78 is 40.1. The van der Waals surface area contributed by atoms with Crippen LogP contribution in [0.15, 0.2) is 34.3 Å². The minimum absolute atomic E-state index is 0.00255. The second kappa shape index (κ2) is 10.8. The van der Waals surface area contributed by atoms with Crippen LogP contribution in [0.5, 0.6) is 0 Å². The summed E-state index contributed by atoms with van der Waals surface area (Å²) in [5.41, 5.74) is 2.30. The molecule has 2 amide bonds. The van der Waals surface area contributed by atoms with Crippen molar-refractivity contribution in [3.63, 3.8) is 0 Å². The van der Waals surface area contributed by atoms with Gasteiger partial charge in [0, 0.05) is 6.21 Å². The van der Waals surface area contributed by atoms with E-state index in [0.29, 0.717) is 0 Å². The van der Waals surface area contributed by atoms with Gasteiger partial charge in [-0.25, -0.2) is 18.2 Å². The van der Waals surface area contributed by atoms with E-state index in [9.17, 15) is 22.4 Å². The molecule has 0 aliphatic rings. The molecule has 0 aromatic heterocycles. The highest BCUT2D eigenvalue weighted by atomic mass is 32.2. The van der Waals surface area contributed by atoms with Crippen LogP contribution >= 0.6 is 0 Å². The normalized spacial score (nSPS) is 13.1. The fraction of sp³-hybridized carbons (Fsp3) is 0.471. The SMILES string of the molecule is CC(C)[C@H](NS(=O)(=O)c1ccc(F)cc1)C(=O)NC/C=N/NC(=O)CN(C)C. The second-order valence-electron chi connectivity index (χ2n) is 6.63. The molecule has 0 saturated carbocycles. The van der Waals surface area contributed by atoms with Gasteiger partial charge in [-0.2, -0.15) is 9.82 Å². The number of sulfonamides is 1. The number of carbonyl (C=O) groups is 2. The summed E-state index contributed by atoms with van der Waals surface area (Å²) in [5, 5.41) is 6.22. The van der Waals surface area contributed by atoms with Gasteiger partial charge in [0.1, 0.15) is 11.9 Å². The number of hydrazone groups is 1. The fourth-order valence-corrected chi connectivity index (χ4v) is 3.43. The smallest absolute Gasteiger partial charge is 0.254 e. The molecule has 1 aromatic rings. The summed E-state index contributed by atoms with van der Waals surface area (Å²) in [6, 6.07) is 3.26. The van der Waals surface area contributed by atoms with Gasteiger partial charge in [0.15, 0.2) is 0 Å². The monoisotopic (exact) mass is 415 g/mol. The Balaban J connectivity index is 2.64. The highest BCUT2D eigenvalue weighted by molar-refractivity contribution is 7.89. The molecule has 3 N–H and O–H groups in total. The Morgan fingerprint density at radius 1 is 1.21 bits per heavy atom. The van der Waals surface area contributed by atoms with Gasteiger partial charge in [-0.3, -0.25) is 9.59 Å². The van der Waals surface area contributed by atoms with E-state index in [1.165, 1.54) is 6.21 Å². The summed E-state index contributed by atoms with van der Waals surface area (Å²) in [6.07, 6.45) is 1.29. The Labute approximate surface area is 164 Å². The molecule has 0 unspecified atom stereocenters. The molecular weight excluding hydrogens is 389 g/mol. The van der Waals surface area contributed by atoms with Crippen molar-refractivity contribution in [3.8, 4) is 0 Å². The first-order valence-corrected chi connectivity index (χ1v) is 10.0. The standard InChI is InChI=1S/C17H26FN5O4S/c1-12(2)16(22-28(26,27)14-7-5-13(18)6-8-14)17(25)19-9-10-20-21-15(24)11-23(3)4/h5-8,10,12,16,22H,9,11H2,1-4H3,(H,19,25)(H,21,24)/b20-10+/t16-/m0/s1. The van der Waals surface area contributed by atoms with E-state index in [0.717, 1.165) is 24.3 Å². The van der Waals surface area contributed by atoms with Crippen LogP contribution in [0.1, 0.15) is 13.8 Å². The van der Waals surface area contributed by atoms with Gasteiger partial charge >= 0.3 is 0 Å². The third kappa shape index (κ3) is 8.11. The number of hydrogen-bond donors (Lipinski definition) is 3. The molecule has 156 valence electrons. The second-order valence-corrected chi connectivity index (χ2v) is 8.34. The first-order valence-electron chi connectivity index (χ1n) is 8.53. The number of nitrogens with one attached hydrogen (secondary N) is 3. The van der Waals surface area contributed by atoms with E-state index in [2.05, 4.69) is 20.6 Å². The Morgan fingerprint density at radius 2 is 1.82 bits per heavy atom.